The van der Waals surface area contributed by atoms with Crippen LogP contribution in [-0.2, 0) is 13.0 Å². The Labute approximate surface area is 141 Å². The molecule has 0 bridgehead atoms. The number of benzene rings is 2. The molecule has 0 aliphatic carbocycles. The van der Waals surface area contributed by atoms with Gasteiger partial charge in [0.1, 0.15) is 0 Å². The van der Waals surface area contributed by atoms with Gasteiger partial charge in [0.15, 0.2) is 5.69 Å². The third-order valence-electron chi connectivity index (χ3n) is 3.87. The van der Waals surface area contributed by atoms with Gasteiger partial charge in [0, 0.05) is 6.54 Å². The first kappa shape index (κ1) is 15.9. The Morgan fingerprint density at radius 3 is 2.62 bits per heavy atom. The second-order valence-electron chi connectivity index (χ2n) is 5.74. The Morgan fingerprint density at radius 1 is 1.12 bits per heavy atom. The number of nitrogens with one attached hydrogen (secondary N) is 1. The lowest BCUT2D eigenvalue weighted by Crippen LogP contribution is -2.23. The van der Waals surface area contributed by atoms with Gasteiger partial charge in [-0.1, -0.05) is 54.1 Å². The van der Waals surface area contributed by atoms with Crippen LogP contribution >= 0.6 is 0 Å². The molecule has 122 valence electrons. The van der Waals surface area contributed by atoms with E-state index in [1.807, 2.05) is 43.3 Å². The predicted octanol–water partition coefficient (Wildman–Crippen LogP) is 3.07. The molecule has 0 saturated carbocycles. The van der Waals surface area contributed by atoms with Gasteiger partial charge in [-0.2, -0.15) is 0 Å². The highest BCUT2D eigenvalue weighted by Crippen LogP contribution is 2.10. The highest BCUT2D eigenvalue weighted by atomic mass is 16.2. The number of rotatable bonds is 5. The van der Waals surface area contributed by atoms with Crippen molar-refractivity contribution in [2.45, 2.75) is 26.8 Å². The summed E-state index contributed by atoms with van der Waals surface area (Å²) in [6, 6.07) is 16.1. The van der Waals surface area contributed by atoms with Crippen LogP contribution < -0.4 is 5.32 Å². The molecule has 1 heterocycles. The Bertz CT molecular complexity index is 837. The molecule has 5 heteroatoms. The van der Waals surface area contributed by atoms with Crippen molar-refractivity contribution in [1.29, 1.82) is 0 Å². The highest BCUT2D eigenvalue weighted by Gasteiger charge is 2.11. The Balaban J connectivity index is 1.66. The van der Waals surface area contributed by atoms with Crippen molar-refractivity contribution in [1.82, 2.24) is 20.3 Å². The van der Waals surface area contributed by atoms with Crippen molar-refractivity contribution >= 4 is 5.91 Å². The summed E-state index contributed by atoms with van der Waals surface area (Å²) < 4.78 is 1.61. The monoisotopic (exact) mass is 320 g/mol. The van der Waals surface area contributed by atoms with Crippen LogP contribution in [0.3, 0.4) is 0 Å². The maximum atomic E-state index is 12.2. The fourth-order valence-corrected chi connectivity index (χ4v) is 2.47. The number of aryl methyl sites for hydroxylation is 2. The molecular weight excluding hydrogens is 300 g/mol. The van der Waals surface area contributed by atoms with Crippen molar-refractivity contribution in [3.63, 3.8) is 0 Å². The molecule has 5 nitrogen and oxygen atoms in total. The largest absolute Gasteiger partial charge is 0.347 e. The number of aromatic nitrogens is 3. The Morgan fingerprint density at radius 2 is 1.92 bits per heavy atom. The minimum atomic E-state index is -0.229. The van der Waals surface area contributed by atoms with Gasteiger partial charge in [-0.3, -0.25) is 4.79 Å². The van der Waals surface area contributed by atoms with Gasteiger partial charge in [0.25, 0.3) is 5.91 Å². The molecular formula is C19H20N4O. The molecule has 0 saturated heterocycles. The van der Waals surface area contributed by atoms with E-state index < -0.39 is 0 Å². The SMILES string of the molecule is CCc1ccc(-n2cc(C(=O)NCc3cccc(C)c3)nn2)cc1. The van der Waals surface area contributed by atoms with Crippen LogP contribution in [-0.4, -0.2) is 20.9 Å². The summed E-state index contributed by atoms with van der Waals surface area (Å²) in [5, 5.41) is 10.9. The molecule has 24 heavy (non-hydrogen) atoms. The van der Waals surface area contributed by atoms with E-state index in [2.05, 4.69) is 34.7 Å². The van der Waals surface area contributed by atoms with Crippen molar-refractivity contribution < 1.29 is 4.79 Å². The lowest BCUT2D eigenvalue weighted by molar-refractivity contribution is 0.0946. The first-order valence-electron chi connectivity index (χ1n) is 8.01. The van der Waals surface area contributed by atoms with Gasteiger partial charge in [-0.25, -0.2) is 4.68 Å². The predicted molar refractivity (Wildman–Crippen MR) is 93.1 cm³/mol. The number of hydrogen-bond donors (Lipinski definition) is 1. The topological polar surface area (TPSA) is 59.8 Å². The molecule has 3 rings (SSSR count). The quantitative estimate of drug-likeness (QED) is 0.786. The molecule has 0 spiro atoms. The number of nitrogens with zero attached hydrogens (tertiary/aromatic N) is 3. The summed E-state index contributed by atoms with van der Waals surface area (Å²) in [5.74, 6) is -0.229. The summed E-state index contributed by atoms with van der Waals surface area (Å²) >= 11 is 0. The molecule has 0 aliphatic heterocycles. The third kappa shape index (κ3) is 3.68. The van der Waals surface area contributed by atoms with Gasteiger partial charge in [0.2, 0.25) is 0 Å². The lowest BCUT2D eigenvalue weighted by atomic mass is 10.1. The van der Waals surface area contributed by atoms with Gasteiger partial charge >= 0.3 is 0 Å². The Kier molecular flexibility index (Phi) is 4.70. The lowest BCUT2D eigenvalue weighted by Gasteiger charge is -2.04. The zero-order chi connectivity index (χ0) is 16.9. The minimum absolute atomic E-state index is 0.229. The van der Waals surface area contributed by atoms with E-state index in [0.717, 1.165) is 17.7 Å². The van der Waals surface area contributed by atoms with Crippen LogP contribution in [0, 0.1) is 6.92 Å². The minimum Gasteiger partial charge on any atom is -0.347 e. The standard InChI is InChI=1S/C19H20N4O/c1-3-15-7-9-17(10-8-15)23-13-18(21-22-23)19(24)20-12-16-6-4-5-14(2)11-16/h4-11,13H,3,12H2,1-2H3,(H,20,24). The van der Waals surface area contributed by atoms with Crippen LogP contribution in [0.15, 0.2) is 54.7 Å². The van der Waals surface area contributed by atoms with E-state index in [9.17, 15) is 4.79 Å². The first-order valence-corrected chi connectivity index (χ1v) is 8.01. The Hall–Kier alpha value is -2.95. The van der Waals surface area contributed by atoms with E-state index in [0.29, 0.717) is 12.2 Å². The van der Waals surface area contributed by atoms with Crippen LogP contribution in [0.2, 0.25) is 0 Å². The number of carbonyl (C=O) groups is 1. The number of hydrogen-bond acceptors (Lipinski definition) is 3. The molecule has 0 unspecified atom stereocenters. The summed E-state index contributed by atoms with van der Waals surface area (Å²) in [6.07, 6.45) is 2.64. The number of carbonyl (C=O) groups excluding carboxylic acids is 1. The molecule has 1 N–H and O–H groups in total. The smallest absolute Gasteiger partial charge is 0.273 e. The zero-order valence-corrected chi connectivity index (χ0v) is 13.9. The van der Waals surface area contributed by atoms with Gasteiger partial charge < -0.3 is 5.32 Å². The highest BCUT2D eigenvalue weighted by molar-refractivity contribution is 5.91. The maximum absolute atomic E-state index is 12.2. The first-order chi connectivity index (χ1) is 11.7. The molecule has 3 aromatic rings. The van der Waals surface area contributed by atoms with Crippen LogP contribution in [0.4, 0.5) is 0 Å². The van der Waals surface area contributed by atoms with Gasteiger partial charge in [0.05, 0.1) is 11.9 Å². The molecule has 1 aromatic heterocycles. The van der Waals surface area contributed by atoms with Crippen molar-refractivity contribution in [3.8, 4) is 5.69 Å². The van der Waals surface area contributed by atoms with Gasteiger partial charge in [-0.05, 0) is 36.6 Å². The molecule has 0 atom stereocenters. The van der Waals surface area contributed by atoms with Crippen molar-refractivity contribution in [3.05, 3.63) is 77.1 Å². The second-order valence-corrected chi connectivity index (χ2v) is 5.74. The molecule has 0 aliphatic rings. The average Bonchev–Trinajstić information content (AvgIpc) is 3.10. The maximum Gasteiger partial charge on any atom is 0.273 e. The van der Waals surface area contributed by atoms with E-state index >= 15 is 0 Å². The van der Waals surface area contributed by atoms with Crippen LogP contribution in [0.5, 0.6) is 0 Å². The summed E-state index contributed by atoms with van der Waals surface area (Å²) in [4.78, 5) is 12.2. The van der Waals surface area contributed by atoms with E-state index in [1.165, 1.54) is 11.1 Å². The van der Waals surface area contributed by atoms with Crippen molar-refractivity contribution in [2.24, 2.45) is 0 Å². The molecule has 1 amide bonds. The van der Waals surface area contributed by atoms with E-state index in [4.69, 9.17) is 0 Å². The summed E-state index contributed by atoms with van der Waals surface area (Å²) in [6.45, 7) is 4.61. The van der Waals surface area contributed by atoms with Crippen molar-refractivity contribution in [2.75, 3.05) is 0 Å². The van der Waals surface area contributed by atoms with Crippen LogP contribution in [0.1, 0.15) is 34.1 Å². The molecule has 0 radical (unpaired) electrons. The fourth-order valence-electron chi connectivity index (χ4n) is 2.47. The summed E-state index contributed by atoms with van der Waals surface area (Å²) in [5.41, 5.74) is 4.68. The molecule has 2 aromatic carbocycles. The third-order valence-corrected chi connectivity index (χ3v) is 3.87. The van der Waals surface area contributed by atoms with E-state index in [1.54, 1.807) is 10.9 Å². The fraction of sp³-hybridized carbons (Fsp3) is 0.211. The normalized spacial score (nSPS) is 10.6. The number of amides is 1. The van der Waals surface area contributed by atoms with Gasteiger partial charge in [-0.15, -0.1) is 5.10 Å². The second kappa shape index (κ2) is 7.08. The summed E-state index contributed by atoms with van der Waals surface area (Å²) in [7, 11) is 0. The zero-order valence-electron chi connectivity index (χ0n) is 13.9. The average molecular weight is 320 g/mol. The van der Waals surface area contributed by atoms with Crippen LogP contribution in [0.25, 0.3) is 5.69 Å². The molecule has 0 fully saturated rings. The van der Waals surface area contributed by atoms with E-state index in [-0.39, 0.29) is 5.91 Å².